The van der Waals surface area contributed by atoms with Crippen molar-refractivity contribution in [3.05, 3.63) is 29.8 Å². The lowest BCUT2D eigenvalue weighted by Gasteiger charge is -2.39. The summed E-state index contributed by atoms with van der Waals surface area (Å²) < 4.78 is 1.83. The van der Waals surface area contributed by atoms with Crippen LogP contribution in [0.1, 0.15) is 19.8 Å². The fraction of sp³-hybridized carbons (Fsp3) is 0.412. The van der Waals surface area contributed by atoms with Crippen LogP contribution in [-0.4, -0.2) is 44.2 Å². The van der Waals surface area contributed by atoms with E-state index in [0.29, 0.717) is 28.1 Å². The van der Waals surface area contributed by atoms with Crippen LogP contribution >= 0.6 is 23.4 Å². The Morgan fingerprint density at radius 1 is 1.26 bits per heavy atom. The molecule has 0 bridgehead atoms. The summed E-state index contributed by atoms with van der Waals surface area (Å²) in [5, 5.41) is 5.54. The van der Waals surface area contributed by atoms with Crippen LogP contribution in [0, 0.1) is 5.41 Å². The third-order valence-corrected chi connectivity index (χ3v) is 6.68. The van der Waals surface area contributed by atoms with E-state index in [9.17, 15) is 0 Å². The van der Waals surface area contributed by atoms with Gasteiger partial charge in [0.1, 0.15) is 17.2 Å². The number of hydrogen-bond donors (Lipinski definition) is 2. The molecule has 0 atom stereocenters. The zero-order valence-corrected chi connectivity index (χ0v) is 16.5. The van der Waals surface area contributed by atoms with E-state index in [1.54, 1.807) is 12.5 Å². The summed E-state index contributed by atoms with van der Waals surface area (Å²) >= 11 is 7.66. The number of pyridine rings is 1. The van der Waals surface area contributed by atoms with E-state index < -0.39 is 0 Å². The van der Waals surface area contributed by atoms with Crippen LogP contribution in [0.25, 0.3) is 5.65 Å². The van der Waals surface area contributed by atoms with Crippen LogP contribution in [0.4, 0.5) is 11.6 Å². The second-order valence-electron chi connectivity index (χ2n) is 7.03. The molecule has 10 heteroatoms. The van der Waals surface area contributed by atoms with Gasteiger partial charge in [-0.2, -0.15) is 9.61 Å². The minimum atomic E-state index is 0.208. The van der Waals surface area contributed by atoms with Gasteiger partial charge < -0.3 is 16.4 Å². The van der Waals surface area contributed by atoms with E-state index in [2.05, 4.69) is 31.9 Å². The molecule has 3 aromatic heterocycles. The highest BCUT2D eigenvalue weighted by molar-refractivity contribution is 7.99. The SMILES string of the molecule is CC1(CN)CCN(c2cnc(Sc3ccnc(N)c3Cl)c3ncnn23)CC1. The number of fused-ring (bicyclic) bond motifs is 1. The molecule has 8 nitrogen and oxygen atoms in total. The molecule has 142 valence electrons. The highest BCUT2D eigenvalue weighted by Gasteiger charge is 2.30. The van der Waals surface area contributed by atoms with E-state index in [4.69, 9.17) is 23.1 Å². The monoisotopic (exact) mass is 404 g/mol. The van der Waals surface area contributed by atoms with Crippen LogP contribution in [0.5, 0.6) is 0 Å². The maximum atomic E-state index is 6.26. The number of anilines is 2. The van der Waals surface area contributed by atoms with Gasteiger partial charge in [-0.05, 0) is 30.9 Å². The van der Waals surface area contributed by atoms with E-state index in [0.717, 1.165) is 36.6 Å². The van der Waals surface area contributed by atoms with Gasteiger partial charge in [-0.3, -0.25) is 0 Å². The topological polar surface area (TPSA) is 111 Å². The fourth-order valence-corrected chi connectivity index (χ4v) is 4.27. The fourth-order valence-electron chi connectivity index (χ4n) is 3.18. The number of nitrogens with two attached hydrogens (primary N) is 2. The molecule has 1 saturated heterocycles. The quantitative estimate of drug-likeness (QED) is 0.682. The lowest BCUT2D eigenvalue weighted by atomic mass is 9.80. The Morgan fingerprint density at radius 2 is 2.04 bits per heavy atom. The predicted octanol–water partition coefficient (Wildman–Crippen LogP) is 2.47. The molecule has 0 unspecified atom stereocenters. The first-order chi connectivity index (χ1) is 13.0. The Bertz CT molecular complexity index is 967. The zero-order valence-electron chi connectivity index (χ0n) is 15.0. The Balaban J connectivity index is 1.64. The van der Waals surface area contributed by atoms with Crippen LogP contribution in [-0.2, 0) is 0 Å². The molecule has 4 N–H and O–H groups in total. The zero-order chi connectivity index (χ0) is 19.0. The first-order valence-corrected chi connectivity index (χ1v) is 9.92. The number of hydrogen-bond acceptors (Lipinski definition) is 8. The van der Waals surface area contributed by atoms with Gasteiger partial charge in [0, 0.05) is 24.2 Å². The second kappa shape index (κ2) is 7.14. The van der Waals surface area contributed by atoms with E-state index in [1.165, 1.54) is 11.8 Å². The molecule has 0 aliphatic carbocycles. The van der Waals surface area contributed by atoms with Crippen molar-refractivity contribution in [2.45, 2.75) is 29.7 Å². The number of halogens is 1. The molecular formula is C17H21ClN8S. The summed E-state index contributed by atoms with van der Waals surface area (Å²) in [6.07, 6.45) is 7.10. The van der Waals surface area contributed by atoms with Crippen molar-refractivity contribution in [2.75, 3.05) is 30.3 Å². The normalized spacial score (nSPS) is 16.8. The molecule has 4 rings (SSSR count). The van der Waals surface area contributed by atoms with Gasteiger partial charge in [-0.1, -0.05) is 30.3 Å². The van der Waals surface area contributed by atoms with Gasteiger partial charge >= 0.3 is 0 Å². The Hall–Kier alpha value is -2.10. The summed E-state index contributed by atoms with van der Waals surface area (Å²) in [7, 11) is 0. The van der Waals surface area contributed by atoms with Crippen LogP contribution in [0.3, 0.4) is 0 Å². The highest BCUT2D eigenvalue weighted by atomic mass is 35.5. The molecule has 1 fully saturated rings. The number of nitrogens with zero attached hydrogens (tertiary/aromatic N) is 6. The minimum absolute atomic E-state index is 0.208. The lowest BCUT2D eigenvalue weighted by Crippen LogP contribution is -2.43. The smallest absolute Gasteiger partial charge is 0.190 e. The van der Waals surface area contributed by atoms with E-state index in [1.807, 2.05) is 16.8 Å². The first kappa shape index (κ1) is 18.3. The second-order valence-corrected chi connectivity index (χ2v) is 8.44. The molecule has 27 heavy (non-hydrogen) atoms. The molecule has 3 aromatic rings. The van der Waals surface area contributed by atoms with Gasteiger partial charge in [0.2, 0.25) is 0 Å². The Kier molecular flexibility index (Phi) is 4.83. The van der Waals surface area contributed by atoms with Crippen molar-refractivity contribution in [1.82, 2.24) is 24.6 Å². The molecule has 0 aromatic carbocycles. The predicted molar refractivity (Wildman–Crippen MR) is 107 cm³/mol. The number of rotatable bonds is 4. The summed E-state index contributed by atoms with van der Waals surface area (Å²) in [6, 6.07) is 1.81. The van der Waals surface area contributed by atoms with Crippen LogP contribution in [0.15, 0.2) is 34.7 Å². The van der Waals surface area contributed by atoms with Crippen LogP contribution in [0.2, 0.25) is 5.02 Å². The van der Waals surface area contributed by atoms with Crippen molar-refractivity contribution in [3.63, 3.8) is 0 Å². The summed E-state index contributed by atoms with van der Waals surface area (Å²) in [4.78, 5) is 16.1. The lowest BCUT2D eigenvalue weighted by molar-refractivity contribution is 0.257. The molecule has 0 spiro atoms. The van der Waals surface area contributed by atoms with E-state index >= 15 is 0 Å². The first-order valence-electron chi connectivity index (χ1n) is 8.72. The largest absolute Gasteiger partial charge is 0.382 e. The summed E-state index contributed by atoms with van der Waals surface area (Å²) in [5.74, 6) is 1.23. The number of aromatic nitrogens is 5. The highest BCUT2D eigenvalue weighted by Crippen LogP contribution is 2.37. The third-order valence-electron chi connectivity index (χ3n) is 5.13. The van der Waals surface area contributed by atoms with Crippen molar-refractivity contribution < 1.29 is 0 Å². The van der Waals surface area contributed by atoms with Gasteiger partial charge in [0.15, 0.2) is 11.5 Å². The molecule has 0 radical (unpaired) electrons. The third kappa shape index (κ3) is 3.42. The van der Waals surface area contributed by atoms with Crippen molar-refractivity contribution in [1.29, 1.82) is 0 Å². The number of nitrogen functional groups attached to an aromatic ring is 1. The average Bonchev–Trinajstić information content (AvgIpc) is 3.17. The number of piperidine rings is 1. The molecular weight excluding hydrogens is 384 g/mol. The maximum Gasteiger partial charge on any atom is 0.190 e. The summed E-state index contributed by atoms with van der Waals surface area (Å²) in [6.45, 7) is 4.80. The summed E-state index contributed by atoms with van der Waals surface area (Å²) in [5.41, 5.74) is 12.6. The van der Waals surface area contributed by atoms with Crippen LogP contribution < -0.4 is 16.4 Å². The standard InChI is InChI=1S/C17H21ClN8S/c1-17(9-19)3-6-25(7-4-17)12-8-22-16(15-23-10-24-26(12)15)27-11-2-5-21-14(20)13(11)18/h2,5,8,10H,3-4,6-7,9,19H2,1H3,(H2,20,21). The molecule has 1 aliphatic heterocycles. The Labute approximate surface area is 166 Å². The van der Waals surface area contributed by atoms with Crippen molar-refractivity contribution in [3.8, 4) is 0 Å². The van der Waals surface area contributed by atoms with Crippen molar-refractivity contribution >= 4 is 40.6 Å². The Morgan fingerprint density at radius 3 is 2.78 bits per heavy atom. The molecule has 0 amide bonds. The van der Waals surface area contributed by atoms with Gasteiger partial charge in [0.25, 0.3) is 0 Å². The van der Waals surface area contributed by atoms with Crippen molar-refractivity contribution in [2.24, 2.45) is 11.1 Å². The van der Waals surface area contributed by atoms with Gasteiger partial charge in [0.05, 0.1) is 11.2 Å². The minimum Gasteiger partial charge on any atom is -0.382 e. The van der Waals surface area contributed by atoms with E-state index in [-0.39, 0.29) is 5.41 Å². The average molecular weight is 405 g/mol. The molecule has 0 saturated carbocycles. The maximum absolute atomic E-state index is 6.26. The van der Waals surface area contributed by atoms with Gasteiger partial charge in [-0.25, -0.2) is 15.0 Å². The molecule has 1 aliphatic rings. The molecule has 4 heterocycles. The van der Waals surface area contributed by atoms with Gasteiger partial charge in [-0.15, -0.1) is 0 Å².